The van der Waals surface area contributed by atoms with Crippen LogP contribution in [0.4, 0.5) is 0 Å². The Morgan fingerprint density at radius 2 is 1.93 bits per heavy atom. The van der Waals surface area contributed by atoms with Crippen molar-refractivity contribution in [2.75, 3.05) is 12.8 Å². The quantitative estimate of drug-likeness (QED) is 0.435. The van der Waals surface area contributed by atoms with E-state index in [9.17, 15) is 0 Å². The smallest absolute Gasteiger partial charge is 0.0260 e. The first-order chi connectivity index (χ1) is 6.52. The maximum Gasteiger partial charge on any atom is -0.0260 e. The van der Waals surface area contributed by atoms with Gasteiger partial charge in [0, 0.05) is 0 Å². The highest BCUT2D eigenvalue weighted by Gasteiger charge is 2.12. The van der Waals surface area contributed by atoms with Crippen molar-refractivity contribution in [2.45, 2.75) is 34.1 Å². The van der Waals surface area contributed by atoms with Gasteiger partial charge in [0.25, 0.3) is 0 Å². The van der Waals surface area contributed by atoms with Gasteiger partial charge in [-0.2, -0.15) is 0 Å². The second-order valence-corrected chi connectivity index (χ2v) is 6.62. The summed E-state index contributed by atoms with van der Waals surface area (Å²) in [4.78, 5) is 0. The molecule has 0 spiro atoms. The Kier molecular flexibility index (Phi) is 7.19. The summed E-state index contributed by atoms with van der Waals surface area (Å²) in [5.74, 6) is 1.62. The number of rotatable bonds is 6. The van der Waals surface area contributed by atoms with Crippen LogP contribution in [-0.4, -0.2) is 12.8 Å². The maximum atomic E-state index is 3.90. The van der Waals surface area contributed by atoms with E-state index in [1.54, 1.807) is 0 Å². The maximum absolute atomic E-state index is 3.90. The first kappa shape index (κ1) is 13.9. The zero-order valence-electron chi connectivity index (χ0n) is 10.4. The molecule has 14 heavy (non-hydrogen) atoms. The number of hydrogen-bond acceptors (Lipinski definition) is 0. The highest BCUT2D eigenvalue weighted by atomic mass is 31.1. The van der Waals surface area contributed by atoms with Gasteiger partial charge < -0.3 is 0 Å². The third-order valence-corrected chi connectivity index (χ3v) is 5.13. The average Bonchev–Trinajstić information content (AvgIpc) is 2.13. The van der Waals surface area contributed by atoms with Crippen LogP contribution in [0, 0.1) is 11.8 Å². The zero-order valence-corrected chi connectivity index (χ0v) is 11.3. The predicted molar refractivity (Wildman–Crippen MR) is 70.3 cm³/mol. The number of allylic oxidation sites excluding steroid dienone is 3. The van der Waals surface area contributed by atoms with E-state index < -0.39 is 0 Å². The van der Waals surface area contributed by atoms with Crippen LogP contribution in [0.5, 0.6) is 0 Å². The Morgan fingerprint density at radius 3 is 2.29 bits per heavy atom. The summed E-state index contributed by atoms with van der Waals surface area (Å²) >= 11 is 0. The normalized spacial score (nSPS) is 16.9. The molecule has 0 heterocycles. The molecule has 0 amide bonds. The van der Waals surface area contributed by atoms with Gasteiger partial charge in [-0.05, 0) is 36.4 Å². The van der Waals surface area contributed by atoms with E-state index in [4.69, 9.17) is 0 Å². The van der Waals surface area contributed by atoms with Gasteiger partial charge in [-0.1, -0.05) is 54.3 Å². The highest BCUT2D eigenvalue weighted by Crippen LogP contribution is 2.44. The Bertz CT molecular complexity index is 191. The first-order valence-electron chi connectivity index (χ1n) is 5.56. The lowest BCUT2D eigenvalue weighted by molar-refractivity contribution is 0.463. The molecule has 0 saturated heterocycles. The van der Waals surface area contributed by atoms with Crippen molar-refractivity contribution in [2.24, 2.45) is 11.8 Å². The molecule has 0 N–H and O–H groups in total. The summed E-state index contributed by atoms with van der Waals surface area (Å²) in [6.07, 6.45) is 6.84. The second-order valence-electron chi connectivity index (χ2n) is 4.34. The van der Waals surface area contributed by atoms with Crippen molar-refractivity contribution in [3.63, 3.8) is 0 Å². The Morgan fingerprint density at radius 1 is 1.36 bits per heavy atom. The summed E-state index contributed by atoms with van der Waals surface area (Å²) in [5.41, 5.74) is 0. The van der Waals surface area contributed by atoms with Gasteiger partial charge in [0.05, 0.1) is 0 Å². The van der Waals surface area contributed by atoms with E-state index in [-0.39, 0.29) is 7.92 Å². The lowest BCUT2D eigenvalue weighted by Crippen LogP contribution is -2.08. The molecule has 0 aliphatic carbocycles. The van der Waals surface area contributed by atoms with Crippen molar-refractivity contribution in [1.29, 1.82) is 0 Å². The summed E-state index contributed by atoms with van der Waals surface area (Å²) in [5, 5.41) is 1.48. The molecule has 0 nitrogen and oxygen atoms in total. The fourth-order valence-electron chi connectivity index (χ4n) is 1.35. The largest absolute Gasteiger partial charge is 0.0984 e. The van der Waals surface area contributed by atoms with E-state index in [2.05, 4.69) is 47.0 Å². The van der Waals surface area contributed by atoms with Crippen LogP contribution in [-0.2, 0) is 0 Å². The molecule has 2 unspecified atom stereocenters. The Labute approximate surface area is 91.2 Å². The van der Waals surface area contributed by atoms with E-state index in [1.165, 1.54) is 11.5 Å². The second kappa shape index (κ2) is 7.23. The van der Waals surface area contributed by atoms with Crippen molar-refractivity contribution >= 4 is 7.92 Å². The van der Waals surface area contributed by atoms with Crippen LogP contribution in [0.25, 0.3) is 0 Å². The summed E-state index contributed by atoms with van der Waals surface area (Å²) in [6.45, 7) is 15.4. The fraction of sp³-hybridized carbons (Fsp3) is 0.692. The summed E-state index contributed by atoms with van der Waals surface area (Å²) < 4.78 is 0. The third kappa shape index (κ3) is 4.96. The van der Waals surface area contributed by atoms with E-state index >= 15 is 0 Å². The molecular weight excluding hydrogens is 187 g/mol. The molecular formula is C13H25P. The Hall–Kier alpha value is -0.0900. The van der Waals surface area contributed by atoms with Crippen LogP contribution in [0.15, 0.2) is 24.0 Å². The molecule has 2 atom stereocenters. The zero-order chi connectivity index (χ0) is 11.1. The molecule has 0 aliphatic rings. The van der Waals surface area contributed by atoms with Gasteiger partial charge in [0.2, 0.25) is 0 Å². The van der Waals surface area contributed by atoms with E-state index in [1.807, 2.05) is 6.08 Å². The highest BCUT2D eigenvalue weighted by molar-refractivity contribution is 7.61. The van der Waals surface area contributed by atoms with E-state index in [0.29, 0.717) is 0 Å². The molecule has 0 aliphatic heterocycles. The molecule has 0 saturated carbocycles. The third-order valence-electron chi connectivity index (χ3n) is 2.76. The minimum Gasteiger partial charge on any atom is -0.0984 e. The summed E-state index contributed by atoms with van der Waals surface area (Å²) in [6, 6.07) is 0. The Balaban J connectivity index is 4.24. The van der Waals surface area contributed by atoms with Gasteiger partial charge in [0.1, 0.15) is 0 Å². The molecule has 0 bridgehead atoms. The SMILES string of the molecule is C=C/C(=C\CC)P(C)CC(C)C(C)C. The van der Waals surface area contributed by atoms with Crippen LogP contribution in [0.3, 0.4) is 0 Å². The molecule has 0 radical (unpaired) electrons. The molecule has 82 valence electrons. The van der Waals surface area contributed by atoms with Crippen molar-refractivity contribution in [3.8, 4) is 0 Å². The van der Waals surface area contributed by atoms with Gasteiger partial charge in [-0.15, -0.1) is 0 Å². The molecule has 0 rings (SSSR count). The lowest BCUT2D eigenvalue weighted by Gasteiger charge is -2.21. The molecule has 0 aromatic carbocycles. The monoisotopic (exact) mass is 212 g/mol. The van der Waals surface area contributed by atoms with Gasteiger partial charge in [-0.25, -0.2) is 0 Å². The summed E-state index contributed by atoms with van der Waals surface area (Å²) in [7, 11) is 0.0212. The van der Waals surface area contributed by atoms with Gasteiger partial charge >= 0.3 is 0 Å². The predicted octanol–water partition coefficient (Wildman–Crippen LogP) is 4.87. The first-order valence-corrected chi connectivity index (χ1v) is 7.54. The minimum atomic E-state index is 0.0212. The van der Waals surface area contributed by atoms with Crippen LogP contribution < -0.4 is 0 Å². The van der Waals surface area contributed by atoms with Crippen molar-refractivity contribution in [1.82, 2.24) is 0 Å². The fourth-order valence-corrected chi connectivity index (χ4v) is 3.65. The topological polar surface area (TPSA) is 0 Å². The lowest BCUT2D eigenvalue weighted by atomic mass is 10.0. The molecule has 0 aromatic rings. The van der Waals surface area contributed by atoms with Crippen LogP contribution in [0.2, 0.25) is 0 Å². The molecule has 0 fully saturated rings. The molecule has 0 aromatic heterocycles. The van der Waals surface area contributed by atoms with E-state index in [0.717, 1.165) is 18.3 Å². The number of hydrogen-bond donors (Lipinski definition) is 0. The van der Waals surface area contributed by atoms with Gasteiger partial charge in [0.15, 0.2) is 0 Å². The average molecular weight is 212 g/mol. The van der Waals surface area contributed by atoms with Crippen molar-refractivity contribution in [3.05, 3.63) is 24.0 Å². The van der Waals surface area contributed by atoms with Crippen LogP contribution in [0.1, 0.15) is 34.1 Å². The standard InChI is InChI=1S/C13H25P/c1-7-9-13(8-2)14(6)10-12(5)11(3)4/h8-9,11-12H,2,7,10H2,1,3-6H3/b13-9+. The minimum absolute atomic E-state index is 0.0212. The van der Waals surface area contributed by atoms with Crippen LogP contribution >= 0.6 is 7.92 Å². The molecule has 1 heteroatoms. The van der Waals surface area contributed by atoms with Gasteiger partial charge in [-0.3, -0.25) is 0 Å². The van der Waals surface area contributed by atoms with Crippen molar-refractivity contribution < 1.29 is 0 Å².